The molecule has 0 aromatic heterocycles. The quantitative estimate of drug-likeness (QED) is 0.571. The van der Waals surface area contributed by atoms with Crippen molar-refractivity contribution in [2.45, 2.75) is 17.9 Å². The highest BCUT2D eigenvalue weighted by Gasteiger charge is 2.26. The molecule has 0 heterocycles. The second kappa shape index (κ2) is 6.83. The molecule has 0 spiro atoms. The number of nitrogens with zero attached hydrogens (tertiary/aromatic N) is 2. The molecule has 1 aromatic carbocycles. The number of nitro groups is 1. The fraction of sp³-hybridized carbons (Fsp3) is 0.500. The summed E-state index contributed by atoms with van der Waals surface area (Å²) < 4.78 is 26.9. The van der Waals surface area contributed by atoms with Gasteiger partial charge in [0, 0.05) is 31.4 Å². The minimum atomic E-state index is -3.94. The van der Waals surface area contributed by atoms with E-state index in [2.05, 4.69) is 10.0 Å². The lowest BCUT2D eigenvalue weighted by Crippen LogP contribution is -2.38. The van der Waals surface area contributed by atoms with Crippen molar-refractivity contribution in [2.75, 3.05) is 33.0 Å². The third kappa shape index (κ3) is 4.38. The highest BCUT2D eigenvalue weighted by atomic mass is 32.2. The van der Waals surface area contributed by atoms with Gasteiger partial charge in [-0.2, -0.15) is 0 Å². The Morgan fingerprint density at radius 3 is 2.48 bits per heavy atom. The van der Waals surface area contributed by atoms with Gasteiger partial charge in [-0.25, -0.2) is 13.1 Å². The van der Waals surface area contributed by atoms with Gasteiger partial charge in [0.2, 0.25) is 10.0 Å². The first-order valence-electron chi connectivity index (χ1n) is 6.31. The minimum absolute atomic E-state index is 0.0320. The summed E-state index contributed by atoms with van der Waals surface area (Å²) in [6.45, 7) is 2.02. The van der Waals surface area contributed by atoms with Gasteiger partial charge >= 0.3 is 0 Å². The molecule has 118 valence electrons. The summed E-state index contributed by atoms with van der Waals surface area (Å²) in [7, 11) is 1.31. The number of anilines is 1. The zero-order chi connectivity index (χ0) is 16.2. The molecule has 1 rings (SSSR count). The fourth-order valence-electron chi connectivity index (χ4n) is 1.53. The van der Waals surface area contributed by atoms with Crippen molar-refractivity contribution in [1.82, 2.24) is 9.62 Å². The largest absolute Gasteiger partial charge is 0.388 e. The van der Waals surface area contributed by atoms with E-state index in [1.54, 1.807) is 7.05 Å². The van der Waals surface area contributed by atoms with Crippen molar-refractivity contribution in [3.05, 3.63) is 28.3 Å². The fourth-order valence-corrected chi connectivity index (χ4v) is 2.81. The molecule has 21 heavy (non-hydrogen) atoms. The summed E-state index contributed by atoms with van der Waals surface area (Å²) in [6, 6.07) is 3.88. The summed E-state index contributed by atoms with van der Waals surface area (Å²) in [5, 5.41) is 13.8. The predicted octanol–water partition coefficient (Wildman–Crippen LogP) is 0.865. The van der Waals surface area contributed by atoms with Crippen LogP contribution in [0.4, 0.5) is 11.4 Å². The lowest BCUT2D eigenvalue weighted by Gasteiger charge is -2.20. The Balaban J connectivity index is 3.10. The molecule has 0 aliphatic rings. The van der Waals surface area contributed by atoms with Gasteiger partial charge in [0.15, 0.2) is 4.90 Å². The smallest absolute Gasteiger partial charge is 0.291 e. The van der Waals surface area contributed by atoms with Crippen LogP contribution < -0.4 is 10.0 Å². The summed E-state index contributed by atoms with van der Waals surface area (Å²) in [4.78, 5) is 11.9. The molecule has 0 amide bonds. The molecular weight excluding hydrogens is 296 g/mol. The molecule has 1 atom stereocenters. The average molecular weight is 316 g/mol. The van der Waals surface area contributed by atoms with Crippen molar-refractivity contribution in [3.8, 4) is 0 Å². The summed E-state index contributed by atoms with van der Waals surface area (Å²) in [6.07, 6.45) is 0. The van der Waals surface area contributed by atoms with E-state index in [1.165, 1.54) is 18.2 Å². The Labute approximate surface area is 124 Å². The summed E-state index contributed by atoms with van der Waals surface area (Å²) >= 11 is 0. The van der Waals surface area contributed by atoms with E-state index >= 15 is 0 Å². The molecule has 0 saturated carbocycles. The molecule has 0 radical (unpaired) electrons. The third-order valence-electron chi connectivity index (χ3n) is 3.18. The van der Waals surface area contributed by atoms with Crippen molar-refractivity contribution >= 4 is 21.4 Å². The van der Waals surface area contributed by atoms with Crippen LogP contribution in [-0.4, -0.2) is 52.0 Å². The van der Waals surface area contributed by atoms with Gasteiger partial charge in [0.05, 0.1) is 4.92 Å². The Bertz CT molecular complexity index is 616. The van der Waals surface area contributed by atoms with Crippen LogP contribution in [0, 0.1) is 10.1 Å². The molecule has 8 nitrogen and oxygen atoms in total. The molecule has 0 aliphatic heterocycles. The summed E-state index contributed by atoms with van der Waals surface area (Å²) in [5.41, 5.74) is 0.0224. The number of benzene rings is 1. The zero-order valence-electron chi connectivity index (χ0n) is 12.5. The number of likely N-dealkylation sites (N-methyl/N-ethyl adjacent to an activating group) is 1. The van der Waals surface area contributed by atoms with Gasteiger partial charge in [-0.15, -0.1) is 0 Å². The highest BCUT2D eigenvalue weighted by Crippen LogP contribution is 2.26. The van der Waals surface area contributed by atoms with Gasteiger partial charge < -0.3 is 10.2 Å². The van der Waals surface area contributed by atoms with Crippen molar-refractivity contribution in [3.63, 3.8) is 0 Å². The molecule has 0 bridgehead atoms. The molecule has 0 saturated heterocycles. The van der Waals surface area contributed by atoms with E-state index in [-0.39, 0.29) is 17.5 Å². The third-order valence-corrected chi connectivity index (χ3v) is 4.66. The Morgan fingerprint density at radius 2 is 2.00 bits per heavy atom. The maximum atomic E-state index is 12.2. The van der Waals surface area contributed by atoms with Crippen LogP contribution in [0.25, 0.3) is 0 Å². The van der Waals surface area contributed by atoms with Crippen molar-refractivity contribution in [1.29, 1.82) is 0 Å². The van der Waals surface area contributed by atoms with E-state index in [4.69, 9.17) is 0 Å². The van der Waals surface area contributed by atoms with E-state index in [0.717, 1.165) is 0 Å². The maximum Gasteiger partial charge on any atom is 0.291 e. The van der Waals surface area contributed by atoms with Crippen LogP contribution in [0.5, 0.6) is 0 Å². The first-order valence-corrected chi connectivity index (χ1v) is 7.79. The lowest BCUT2D eigenvalue weighted by molar-refractivity contribution is -0.387. The lowest BCUT2D eigenvalue weighted by atomic mass is 10.3. The highest BCUT2D eigenvalue weighted by molar-refractivity contribution is 7.89. The zero-order valence-corrected chi connectivity index (χ0v) is 13.3. The molecular formula is C12H20N4O4S. The molecule has 2 N–H and O–H groups in total. The van der Waals surface area contributed by atoms with Crippen LogP contribution in [0.3, 0.4) is 0 Å². The Hall–Kier alpha value is -1.71. The first kappa shape index (κ1) is 17.3. The SMILES string of the molecule is CNc1ccc(S(=O)(=O)NCC(C)N(C)C)c([N+](=O)[O-])c1. The summed E-state index contributed by atoms with van der Waals surface area (Å²) in [5.74, 6) is 0. The second-order valence-corrected chi connectivity index (χ2v) is 6.59. The first-order chi connectivity index (χ1) is 9.69. The molecule has 1 unspecified atom stereocenters. The normalized spacial score (nSPS) is 13.2. The van der Waals surface area contributed by atoms with E-state index < -0.39 is 20.6 Å². The van der Waals surface area contributed by atoms with Crippen LogP contribution in [0.1, 0.15) is 6.92 Å². The van der Waals surface area contributed by atoms with Gasteiger partial charge in [-0.3, -0.25) is 10.1 Å². The number of nitrogens with one attached hydrogen (secondary N) is 2. The van der Waals surface area contributed by atoms with E-state index in [0.29, 0.717) is 5.69 Å². The molecule has 1 aromatic rings. The number of hydrogen-bond donors (Lipinski definition) is 2. The van der Waals surface area contributed by atoms with Gasteiger partial charge in [-0.1, -0.05) is 0 Å². The topological polar surface area (TPSA) is 105 Å². The number of rotatable bonds is 7. The van der Waals surface area contributed by atoms with Gasteiger partial charge in [0.25, 0.3) is 5.69 Å². The Kier molecular flexibility index (Phi) is 5.64. The van der Waals surface area contributed by atoms with Crippen molar-refractivity contribution in [2.24, 2.45) is 0 Å². The Morgan fingerprint density at radius 1 is 1.38 bits per heavy atom. The van der Waals surface area contributed by atoms with E-state index in [9.17, 15) is 18.5 Å². The predicted molar refractivity (Wildman–Crippen MR) is 81.0 cm³/mol. The van der Waals surface area contributed by atoms with Crippen LogP contribution in [0.2, 0.25) is 0 Å². The molecule has 0 fully saturated rings. The number of hydrogen-bond acceptors (Lipinski definition) is 6. The van der Waals surface area contributed by atoms with E-state index in [1.807, 2.05) is 25.9 Å². The van der Waals surface area contributed by atoms with Gasteiger partial charge in [-0.05, 0) is 33.2 Å². The minimum Gasteiger partial charge on any atom is -0.388 e. The standard InChI is InChI=1S/C12H20N4O4S/c1-9(15(3)4)8-14-21(19,20)12-6-5-10(13-2)7-11(12)16(17)18/h5-7,9,13-14H,8H2,1-4H3. The molecule has 9 heteroatoms. The average Bonchev–Trinajstić information content (AvgIpc) is 2.43. The maximum absolute atomic E-state index is 12.2. The van der Waals surface area contributed by atoms with Crippen LogP contribution in [0.15, 0.2) is 23.1 Å². The van der Waals surface area contributed by atoms with Crippen LogP contribution in [-0.2, 0) is 10.0 Å². The number of sulfonamides is 1. The second-order valence-electron chi connectivity index (χ2n) is 4.85. The monoisotopic (exact) mass is 316 g/mol. The molecule has 0 aliphatic carbocycles. The van der Waals surface area contributed by atoms with Crippen LogP contribution >= 0.6 is 0 Å². The van der Waals surface area contributed by atoms with Gasteiger partial charge in [0.1, 0.15) is 0 Å². The van der Waals surface area contributed by atoms with Crippen molar-refractivity contribution < 1.29 is 13.3 Å². The number of nitro benzene ring substituents is 1.